The molecule has 0 spiro atoms. The van der Waals surface area contributed by atoms with Gasteiger partial charge in [0.15, 0.2) is 0 Å². The summed E-state index contributed by atoms with van der Waals surface area (Å²) < 4.78 is 1.76. The highest BCUT2D eigenvalue weighted by molar-refractivity contribution is 5.70. The average Bonchev–Trinajstić information content (AvgIpc) is 3.18. The molecule has 2 aromatic heterocycles. The van der Waals surface area contributed by atoms with Crippen LogP contribution in [0, 0.1) is 10.1 Å². The number of nitrogens with one attached hydrogen (secondary N) is 1. The Morgan fingerprint density at radius 3 is 2.74 bits per heavy atom. The highest BCUT2D eigenvalue weighted by Gasteiger charge is 2.24. The Bertz CT molecular complexity index is 873. The zero-order valence-electron chi connectivity index (χ0n) is 12.0. The van der Waals surface area contributed by atoms with Crippen molar-refractivity contribution >= 4 is 11.5 Å². The van der Waals surface area contributed by atoms with Crippen LogP contribution < -0.4 is 5.32 Å². The van der Waals surface area contributed by atoms with E-state index in [1.54, 1.807) is 35.4 Å². The van der Waals surface area contributed by atoms with E-state index in [0.717, 1.165) is 35.7 Å². The molecule has 4 rings (SSSR count). The number of aromatic nitrogens is 4. The van der Waals surface area contributed by atoms with Crippen molar-refractivity contribution in [1.82, 2.24) is 19.7 Å². The third-order valence-electron chi connectivity index (χ3n) is 3.76. The standard InChI is InChI=1S/C15H12N6O2/c22-21(23)11-3-1-10(2-4-11)20-15-12(5-6-18-15)14(19-20)13-9-16-7-8-17-13/h1-4,7-9,18H,5-6H2. The van der Waals surface area contributed by atoms with Gasteiger partial charge >= 0.3 is 0 Å². The van der Waals surface area contributed by atoms with Crippen LogP contribution >= 0.6 is 0 Å². The SMILES string of the molecule is O=[N+]([O-])c1ccc(-n2nc(-c3cnccn3)c3c2NCC3)cc1. The van der Waals surface area contributed by atoms with E-state index in [2.05, 4.69) is 20.4 Å². The first kappa shape index (κ1) is 13.4. The van der Waals surface area contributed by atoms with Crippen LogP contribution in [0.4, 0.5) is 11.5 Å². The smallest absolute Gasteiger partial charge is 0.269 e. The molecule has 3 heterocycles. The molecule has 23 heavy (non-hydrogen) atoms. The molecular formula is C15H12N6O2. The zero-order valence-corrected chi connectivity index (χ0v) is 12.0. The molecule has 0 aliphatic carbocycles. The summed E-state index contributed by atoms with van der Waals surface area (Å²) in [6.07, 6.45) is 5.79. The van der Waals surface area contributed by atoms with Crippen molar-refractivity contribution in [1.29, 1.82) is 0 Å². The van der Waals surface area contributed by atoms with Gasteiger partial charge in [0.05, 0.1) is 16.8 Å². The van der Waals surface area contributed by atoms with Crippen molar-refractivity contribution in [3.8, 4) is 17.1 Å². The number of non-ortho nitro benzene ring substituents is 1. The van der Waals surface area contributed by atoms with Gasteiger partial charge in [-0.3, -0.25) is 20.1 Å². The van der Waals surface area contributed by atoms with E-state index in [4.69, 9.17) is 0 Å². The predicted molar refractivity (Wildman–Crippen MR) is 83.4 cm³/mol. The molecule has 0 atom stereocenters. The fourth-order valence-corrected chi connectivity index (χ4v) is 2.70. The predicted octanol–water partition coefficient (Wildman–Crippen LogP) is 2.21. The van der Waals surface area contributed by atoms with E-state index in [1.165, 1.54) is 12.1 Å². The largest absolute Gasteiger partial charge is 0.369 e. The van der Waals surface area contributed by atoms with Crippen molar-refractivity contribution in [2.75, 3.05) is 11.9 Å². The van der Waals surface area contributed by atoms with E-state index in [-0.39, 0.29) is 5.69 Å². The van der Waals surface area contributed by atoms with Crippen LogP contribution in [0.2, 0.25) is 0 Å². The minimum atomic E-state index is -0.416. The van der Waals surface area contributed by atoms with E-state index in [1.807, 2.05) is 0 Å². The number of rotatable bonds is 3. The number of nitro groups is 1. The van der Waals surface area contributed by atoms with Crippen molar-refractivity contribution in [3.63, 3.8) is 0 Å². The second kappa shape index (κ2) is 5.16. The lowest BCUT2D eigenvalue weighted by molar-refractivity contribution is -0.384. The van der Waals surface area contributed by atoms with Gasteiger partial charge in [0.1, 0.15) is 17.2 Å². The maximum atomic E-state index is 10.8. The molecule has 1 aromatic carbocycles. The maximum Gasteiger partial charge on any atom is 0.269 e. The van der Waals surface area contributed by atoms with E-state index >= 15 is 0 Å². The Balaban J connectivity index is 1.82. The highest BCUT2D eigenvalue weighted by atomic mass is 16.6. The molecule has 8 heteroatoms. The van der Waals surface area contributed by atoms with Crippen LogP contribution in [0.25, 0.3) is 17.1 Å². The van der Waals surface area contributed by atoms with Crippen LogP contribution in [0.3, 0.4) is 0 Å². The first-order chi connectivity index (χ1) is 11.2. The summed E-state index contributed by atoms with van der Waals surface area (Å²) in [4.78, 5) is 18.8. The third-order valence-corrected chi connectivity index (χ3v) is 3.76. The molecule has 0 unspecified atom stereocenters. The number of anilines is 1. The number of benzene rings is 1. The molecule has 1 aliphatic rings. The minimum Gasteiger partial charge on any atom is -0.369 e. The van der Waals surface area contributed by atoms with Gasteiger partial charge in [0, 0.05) is 36.6 Å². The van der Waals surface area contributed by atoms with Crippen molar-refractivity contribution in [3.05, 3.63) is 58.5 Å². The number of fused-ring (bicyclic) bond motifs is 1. The van der Waals surface area contributed by atoms with Crippen molar-refractivity contribution < 1.29 is 4.92 Å². The number of nitrogens with zero attached hydrogens (tertiary/aromatic N) is 5. The molecular weight excluding hydrogens is 296 g/mol. The Labute approximate surface area is 131 Å². The molecule has 0 bridgehead atoms. The Morgan fingerprint density at radius 1 is 1.22 bits per heavy atom. The molecule has 3 aromatic rings. The fraction of sp³-hybridized carbons (Fsp3) is 0.133. The molecule has 114 valence electrons. The summed E-state index contributed by atoms with van der Waals surface area (Å²) >= 11 is 0. The molecule has 0 saturated heterocycles. The number of hydrogen-bond donors (Lipinski definition) is 1. The first-order valence-corrected chi connectivity index (χ1v) is 7.11. The van der Waals surface area contributed by atoms with Gasteiger partial charge in [-0.2, -0.15) is 5.10 Å². The summed E-state index contributed by atoms with van der Waals surface area (Å²) in [6.45, 7) is 0.827. The second-order valence-corrected chi connectivity index (χ2v) is 5.13. The van der Waals surface area contributed by atoms with Gasteiger partial charge in [0.2, 0.25) is 0 Å². The number of hydrogen-bond acceptors (Lipinski definition) is 6. The normalized spacial score (nSPS) is 12.7. The molecule has 8 nitrogen and oxygen atoms in total. The van der Waals surface area contributed by atoms with Gasteiger partial charge < -0.3 is 5.32 Å². The van der Waals surface area contributed by atoms with Gasteiger partial charge in [-0.05, 0) is 18.6 Å². The summed E-state index contributed by atoms with van der Waals surface area (Å²) in [5.74, 6) is 0.902. The van der Waals surface area contributed by atoms with Gasteiger partial charge in [0.25, 0.3) is 5.69 Å². The van der Waals surface area contributed by atoms with Crippen molar-refractivity contribution in [2.24, 2.45) is 0 Å². The van der Waals surface area contributed by atoms with Gasteiger partial charge in [-0.15, -0.1) is 0 Å². The monoisotopic (exact) mass is 308 g/mol. The van der Waals surface area contributed by atoms with Crippen LogP contribution in [0.15, 0.2) is 42.9 Å². The van der Waals surface area contributed by atoms with E-state index in [0.29, 0.717) is 5.69 Å². The maximum absolute atomic E-state index is 10.8. The number of nitro benzene ring substituents is 1. The topological polar surface area (TPSA) is 98.8 Å². The van der Waals surface area contributed by atoms with Gasteiger partial charge in [-0.25, -0.2) is 4.68 Å². The Morgan fingerprint density at radius 2 is 2.04 bits per heavy atom. The van der Waals surface area contributed by atoms with E-state index < -0.39 is 4.92 Å². The lowest BCUT2D eigenvalue weighted by atomic mass is 10.1. The van der Waals surface area contributed by atoms with Gasteiger partial charge in [-0.1, -0.05) is 0 Å². The molecule has 1 N–H and O–H groups in total. The van der Waals surface area contributed by atoms with Crippen LogP contribution in [-0.2, 0) is 6.42 Å². The first-order valence-electron chi connectivity index (χ1n) is 7.11. The highest BCUT2D eigenvalue weighted by Crippen LogP contribution is 2.33. The molecule has 0 fully saturated rings. The second-order valence-electron chi connectivity index (χ2n) is 5.13. The minimum absolute atomic E-state index is 0.0552. The van der Waals surface area contributed by atoms with Crippen molar-refractivity contribution in [2.45, 2.75) is 6.42 Å². The fourth-order valence-electron chi connectivity index (χ4n) is 2.70. The molecule has 0 amide bonds. The van der Waals surface area contributed by atoms with Crippen LogP contribution in [0.5, 0.6) is 0 Å². The quantitative estimate of drug-likeness (QED) is 0.588. The summed E-state index contributed by atoms with van der Waals surface area (Å²) in [7, 11) is 0. The molecule has 0 saturated carbocycles. The van der Waals surface area contributed by atoms with Crippen LogP contribution in [0.1, 0.15) is 5.56 Å². The van der Waals surface area contributed by atoms with E-state index in [9.17, 15) is 10.1 Å². The molecule has 1 aliphatic heterocycles. The molecule has 0 radical (unpaired) electrons. The average molecular weight is 308 g/mol. The summed E-state index contributed by atoms with van der Waals surface area (Å²) in [6, 6.07) is 6.32. The lowest BCUT2D eigenvalue weighted by Crippen LogP contribution is -2.04. The third kappa shape index (κ3) is 2.20. The lowest BCUT2D eigenvalue weighted by Gasteiger charge is -2.05. The zero-order chi connectivity index (χ0) is 15.8. The Hall–Kier alpha value is -3.29. The summed E-state index contributed by atoms with van der Waals surface area (Å²) in [5.41, 5.74) is 3.41. The van der Waals surface area contributed by atoms with Crippen LogP contribution in [-0.4, -0.2) is 31.2 Å². The summed E-state index contributed by atoms with van der Waals surface area (Å²) in [5, 5.41) is 18.7. The Kier molecular flexibility index (Phi) is 3.00.